The molecule has 26 heavy (non-hydrogen) atoms. The highest BCUT2D eigenvalue weighted by molar-refractivity contribution is 6.09. The number of dihydropyridines is 1. The maximum atomic E-state index is 12.8. The molecule has 1 heterocycles. The van der Waals surface area contributed by atoms with Crippen molar-refractivity contribution in [2.24, 2.45) is 0 Å². The summed E-state index contributed by atoms with van der Waals surface area (Å²) in [6.45, 7) is 0. The van der Waals surface area contributed by atoms with E-state index >= 15 is 0 Å². The van der Waals surface area contributed by atoms with E-state index in [2.05, 4.69) is 15.4 Å². The molecule has 0 aromatic heterocycles. The molecule has 0 saturated carbocycles. The summed E-state index contributed by atoms with van der Waals surface area (Å²) in [5.74, 6) is -1.70. The summed E-state index contributed by atoms with van der Waals surface area (Å²) < 4.78 is 43.0. The van der Waals surface area contributed by atoms with Crippen LogP contribution < -0.4 is 16.4 Å². The number of nitrogen functional groups attached to an aromatic ring is 1. The summed E-state index contributed by atoms with van der Waals surface area (Å²) in [4.78, 5) is 24.2. The van der Waals surface area contributed by atoms with E-state index in [1.54, 1.807) is 0 Å². The van der Waals surface area contributed by atoms with Crippen LogP contribution >= 0.6 is 0 Å². The number of hydrogen-bond acceptors (Lipinski definition) is 6. The Morgan fingerprint density at radius 2 is 2.08 bits per heavy atom. The van der Waals surface area contributed by atoms with Crippen LogP contribution in [0.15, 0.2) is 36.1 Å². The molecule has 0 fully saturated rings. The van der Waals surface area contributed by atoms with Gasteiger partial charge in [-0.25, -0.2) is 4.79 Å². The largest absolute Gasteiger partial charge is 0.465 e. The maximum absolute atomic E-state index is 12.8. The van der Waals surface area contributed by atoms with Crippen molar-refractivity contribution in [3.8, 4) is 0 Å². The van der Waals surface area contributed by atoms with Crippen LogP contribution in [0.2, 0.25) is 0 Å². The van der Waals surface area contributed by atoms with Crippen molar-refractivity contribution >= 4 is 29.5 Å². The minimum atomic E-state index is -4.57. The van der Waals surface area contributed by atoms with Crippen LogP contribution in [0, 0.1) is 5.41 Å². The van der Waals surface area contributed by atoms with Gasteiger partial charge in [0.25, 0.3) is 5.91 Å². The van der Waals surface area contributed by atoms with Gasteiger partial charge in [-0.2, -0.15) is 13.2 Å². The number of nitrogens with two attached hydrogens (primary N) is 1. The molecular formula is C16H15F3N4O3. The number of carbonyl (C=O) groups is 2. The molecule has 1 aliphatic heterocycles. The number of amides is 1. The Morgan fingerprint density at radius 1 is 1.38 bits per heavy atom. The van der Waals surface area contributed by atoms with Crippen LogP contribution in [0.3, 0.4) is 0 Å². The van der Waals surface area contributed by atoms with Crippen LogP contribution in [0.4, 0.5) is 24.5 Å². The molecule has 1 amide bonds. The first-order chi connectivity index (χ1) is 12.2. The average Bonchev–Trinajstić information content (AvgIpc) is 2.61. The molecule has 1 unspecified atom stereocenters. The highest BCUT2D eigenvalue weighted by atomic mass is 19.4. The van der Waals surface area contributed by atoms with Crippen LogP contribution in [0.25, 0.3) is 0 Å². The molecule has 10 heteroatoms. The third-order valence-corrected chi connectivity index (χ3v) is 3.51. The zero-order chi connectivity index (χ0) is 19.5. The zero-order valence-corrected chi connectivity index (χ0v) is 13.5. The van der Waals surface area contributed by atoms with E-state index in [1.807, 2.05) is 0 Å². The first kappa shape index (κ1) is 19.0. The van der Waals surface area contributed by atoms with Crippen molar-refractivity contribution in [3.63, 3.8) is 0 Å². The van der Waals surface area contributed by atoms with E-state index in [-0.39, 0.29) is 28.2 Å². The number of rotatable bonds is 4. The Bertz CT molecular complexity index is 816. The normalized spacial score (nSPS) is 16.3. The minimum absolute atomic E-state index is 0.0460. The topological polar surface area (TPSA) is 117 Å². The van der Waals surface area contributed by atoms with E-state index in [1.165, 1.54) is 18.2 Å². The summed E-state index contributed by atoms with van der Waals surface area (Å²) in [5.41, 5.74) is 5.55. The van der Waals surface area contributed by atoms with Crippen LogP contribution in [0.1, 0.15) is 15.9 Å². The van der Waals surface area contributed by atoms with Gasteiger partial charge in [-0.15, -0.1) is 0 Å². The number of esters is 1. The number of halogens is 3. The number of ether oxygens (including phenoxy) is 1. The summed E-state index contributed by atoms with van der Waals surface area (Å²) >= 11 is 0. The number of anilines is 2. The fraction of sp³-hybridized carbons (Fsp3) is 0.188. The SMILES string of the molecule is COC(=O)c1cc(N)c(C=N)cc1NC(=O)C1=CC=CC(C(F)(F)F)N1. The lowest BCUT2D eigenvalue weighted by Gasteiger charge is -2.23. The Morgan fingerprint density at radius 3 is 2.65 bits per heavy atom. The summed E-state index contributed by atoms with van der Waals surface area (Å²) in [5, 5.41) is 11.7. The molecule has 5 N–H and O–H groups in total. The van der Waals surface area contributed by atoms with E-state index in [0.29, 0.717) is 0 Å². The Labute approximate surface area is 146 Å². The number of allylic oxidation sites excluding steroid dienone is 2. The third kappa shape index (κ3) is 4.02. The number of hydrogen-bond donors (Lipinski definition) is 4. The fourth-order valence-electron chi connectivity index (χ4n) is 2.19. The minimum Gasteiger partial charge on any atom is -0.465 e. The second-order valence-electron chi connectivity index (χ2n) is 5.25. The lowest BCUT2D eigenvalue weighted by atomic mass is 10.1. The van der Waals surface area contributed by atoms with Gasteiger partial charge in [0, 0.05) is 17.5 Å². The predicted molar refractivity (Wildman–Crippen MR) is 88.9 cm³/mol. The van der Waals surface area contributed by atoms with E-state index in [4.69, 9.17) is 11.1 Å². The quantitative estimate of drug-likeness (QED) is 0.368. The number of alkyl halides is 3. The van der Waals surface area contributed by atoms with Crippen molar-refractivity contribution < 1.29 is 27.5 Å². The van der Waals surface area contributed by atoms with E-state index in [0.717, 1.165) is 25.5 Å². The van der Waals surface area contributed by atoms with Crippen molar-refractivity contribution in [1.82, 2.24) is 5.32 Å². The maximum Gasteiger partial charge on any atom is 0.412 e. The summed E-state index contributed by atoms with van der Waals surface area (Å²) in [6, 6.07) is 0.465. The molecule has 2 rings (SSSR count). The van der Waals surface area contributed by atoms with Gasteiger partial charge in [-0.05, 0) is 18.2 Å². The number of methoxy groups -OCH3 is 1. The van der Waals surface area contributed by atoms with E-state index < -0.39 is 24.1 Å². The lowest BCUT2D eigenvalue weighted by molar-refractivity contribution is -0.143. The molecule has 0 radical (unpaired) electrons. The second kappa shape index (κ2) is 7.30. The van der Waals surface area contributed by atoms with Gasteiger partial charge in [0.2, 0.25) is 0 Å². The molecule has 1 atom stereocenters. The lowest BCUT2D eigenvalue weighted by Crippen LogP contribution is -2.44. The number of benzene rings is 1. The van der Waals surface area contributed by atoms with Crippen molar-refractivity contribution in [2.45, 2.75) is 12.2 Å². The highest BCUT2D eigenvalue weighted by Gasteiger charge is 2.39. The van der Waals surface area contributed by atoms with Crippen LogP contribution in [0.5, 0.6) is 0 Å². The Kier molecular flexibility index (Phi) is 5.34. The van der Waals surface area contributed by atoms with Crippen LogP contribution in [-0.2, 0) is 9.53 Å². The van der Waals surface area contributed by atoms with Gasteiger partial charge in [-0.1, -0.05) is 12.2 Å². The molecular weight excluding hydrogens is 353 g/mol. The molecule has 7 nitrogen and oxygen atoms in total. The van der Waals surface area contributed by atoms with Crippen molar-refractivity contribution in [3.05, 3.63) is 47.2 Å². The molecule has 138 valence electrons. The van der Waals surface area contributed by atoms with Gasteiger partial charge in [0.15, 0.2) is 0 Å². The highest BCUT2D eigenvalue weighted by Crippen LogP contribution is 2.26. The first-order valence-electron chi connectivity index (χ1n) is 7.22. The fourth-order valence-corrected chi connectivity index (χ4v) is 2.19. The number of nitrogens with one attached hydrogen (secondary N) is 3. The van der Waals surface area contributed by atoms with Gasteiger partial charge in [0.05, 0.1) is 18.4 Å². The van der Waals surface area contributed by atoms with Crippen molar-refractivity contribution in [2.75, 3.05) is 18.2 Å². The Balaban J connectivity index is 2.31. The van der Waals surface area contributed by atoms with Gasteiger partial charge < -0.3 is 26.5 Å². The van der Waals surface area contributed by atoms with E-state index in [9.17, 15) is 22.8 Å². The third-order valence-electron chi connectivity index (χ3n) is 3.51. The van der Waals surface area contributed by atoms with Gasteiger partial charge in [0.1, 0.15) is 11.7 Å². The number of carbonyl (C=O) groups excluding carboxylic acids is 2. The molecule has 1 aromatic carbocycles. The van der Waals surface area contributed by atoms with Crippen molar-refractivity contribution in [1.29, 1.82) is 5.41 Å². The summed E-state index contributed by atoms with van der Waals surface area (Å²) in [6.07, 6.45) is -0.511. The smallest absolute Gasteiger partial charge is 0.412 e. The average molecular weight is 368 g/mol. The predicted octanol–water partition coefficient (Wildman–Crippen LogP) is 1.97. The molecule has 0 aliphatic carbocycles. The molecule has 1 aliphatic rings. The standard InChI is InChI=1S/C16H15F3N4O3/c1-26-15(25)9-6-10(21)8(7-20)5-12(9)23-14(24)11-3-2-4-13(22-11)16(17,18)19/h2-7,13,20,22H,21H2,1H3,(H,23,24). The molecule has 0 spiro atoms. The Hall–Kier alpha value is -3.30. The summed E-state index contributed by atoms with van der Waals surface area (Å²) in [7, 11) is 1.12. The molecule has 0 saturated heterocycles. The molecule has 1 aromatic rings. The molecule has 0 bridgehead atoms. The first-order valence-corrected chi connectivity index (χ1v) is 7.22. The monoisotopic (exact) mass is 368 g/mol. The second-order valence-corrected chi connectivity index (χ2v) is 5.25. The van der Waals surface area contributed by atoms with Gasteiger partial charge >= 0.3 is 12.1 Å². The zero-order valence-electron chi connectivity index (χ0n) is 13.5. The van der Waals surface area contributed by atoms with Gasteiger partial charge in [-0.3, -0.25) is 4.79 Å². The van der Waals surface area contributed by atoms with Crippen LogP contribution in [-0.4, -0.2) is 37.4 Å².